The Hall–Kier alpha value is -1.40. The van der Waals surface area contributed by atoms with Crippen LogP contribution in [0.4, 0.5) is 0 Å². The molecule has 1 unspecified atom stereocenters. The molecule has 1 aliphatic rings. The maximum atomic E-state index is 11.9. The molecule has 1 aromatic rings. The zero-order valence-electron chi connectivity index (χ0n) is 10.1. The van der Waals surface area contributed by atoms with E-state index in [2.05, 4.69) is 5.32 Å². The Morgan fingerprint density at radius 1 is 1.56 bits per heavy atom. The first-order valence-electron chi connectivity index (χ1n) is 5.80. The van der Waals surface area contributed by atoms with Gasteiger partial charge in [0.15, 0.2) is 0 Å². The van der Waals surface area contributed by atoms with Gasteiger partial charge in [0.05, 0.1) is 11.5 Å². The van der Waals surface area contributed by atoms with Crippen LogP contribution in [0.3, 0.4) is 0 Å². The molecule has 1 heterocycles. The molecule has 18 heavy (non-hydrogen) atoms. The number of nitrogens with two attached hydrogens (primary N) is 1. The summed E-state index contributed by atoms with van der Waals surface area (Å²) in [6.45, 7) is 0.0852. The summed E-state index contributed by atoms with van der Waals surface area (Å²) in [5, 5.41) is 2.58. The lowest BCUT2D eigenvalue weighted by molar-refractivity contribution is -0.121. The van der Waals surface area contributed by atoms with Crippen LogP contribution in [0.15, 0.2) is 12.1 Å². The maximum Gasteiger partial charge on any atom is 0.262 e. The Labute approximate surface area is 109 Å². The van der Waals surface area contributed by atoms with Gasteiger partial charge in [0.25, 0.3) is 5.91 Å². The number of primary amides is 1. The van der Waals surface area contributed by atoms with E-state index in [1.807, 2.05) is 6.07 Å². The van der Waals surface area contributed by atoms with Crippen molar-refractivity contribution in [3.63, 3.8) is 0 Å². The van der Waals surface area contributed by atoms with Gasteiger partial charge >= 0.3 is 0 Å². The second kappa shape index (κ2) is 5.49. The Balaban J connectivity index is 1.98. The zero-order chi connectivity index (χ0) is 13.1. The van der Waals surface area contributed by atoms with Gasteiger partial charge in [-0.15, -0.1) is 11.3 Å². The molecule has 98 valence electrons. The molecule has 1 saturated carbocycles. The molecule has 0 aliphatic heterocycles. The van der Waals surface area contributed by atoms with Gasteiger partial charge in [0.1, 0.15) is 6.04 Å². The van der Waals surface area contributed by atoms with Crippen molar-refractivity contribution in [1.82, 2.24) is 5.32 Å². The van der Waals surface area contributed by atoms with Crippen molar-refractivity contribution in [3.8, 4) is 0 Å². The normalized spacial score (nSPS) is 16.3. The predicted molar refractivity (Wildman–Crippen MR) is 68.6 cm³/mol. The summed E-state index contributed by atoms with van der Waals surface area (Å²) in [4.78, 5) is 24.9. The number of ether oxygens (including phenoxy) is 1. The second-order valence-electron chi connectivity index (χ2n) is 4.36. The van der Waals surface area contributed by atoms with Crippen LogP contribution in [0.1, 0.15) is 33.3 Å². The van der Waals surface area contributed by atoms with Gasteiger partial charge in [0, 0.05) is 12.0 Å². The summed E-state index contributed by atoms with van der Waals surface area (Å²) in [5.41, 5.74) is 5.18. The molecular formula is C12H16N2O3S. The van der Waals surface area contributed by atoms with E-state index in [4.69, 9.17) is 10.5 Å². The van der Waals surface area contributed by atoms with E-state index in [0.717, 1.165) is 0 Å². The van der Waals surface area contributed by atoms with Crippen molar-refractivity contribution in [1.29, 1.82) is 0 Å². The smallest absolute Gasteiger partial charge is 0.262 e. The largest absolute Gasteiger partial charge is 0.382 e. The number of carbonyl (C=O) groups excluding carboxylic acids is 2. The van der Waals surface area contributed by atoms with Crippen LogP contribution in [0, 0.1) is 0 Å². The topological polar surface area (TPSA) is 81.4 Å². The first-order valence-corrected chi connectivity index (χ1v) is 6.62. The van der Waals surface area contributed by atoms with Crippen LogP contribution in [0.25, 0.3) is 0 Å². The lowest BCUT2D eigenvalue weighted by Gasteiger charge is -2.13. The van der Waals surface area contributed by atoms with E-state index in [-0.39, 0.29) is 12.5 Å². The summed E-state index contributed by atoms with van der Waals surface area (Å²) in [7, 11) is 1.46. The van der Waals surface area contributed by atoms with Crippen LogP contribution < -0.4 is 11.1 Å². The van der Waals surface area contributed by atoms with Crippen LogP contribution in [-0.4, -0.2) is 31.6 Å². The molecule has 1 aromatic heterocycles. The number of nitrogens with one attached hydrogen (secondary N) is 1. The minimum Gasteiger partial charge on any atom is -0.382 e. The first kappa shape index (κ1) is 13.0. The van der Waals surface area contributed by atoms with Crippen LogP contribution >= 0.6 is 11.3 Å². The van der Waals surface area contributed by atoms with E-state index >= 15 is 0 Å². The Morgan fingerprint density at radius 2 is 2.28 bits per heavy atom. The highest BCUT2D eigenvalue weighted by Crippen LogP contribution is 2.43. The monoisotopic (exact) mass is 268 g/mol. The summed E-state index contributed by atoms with van der Waals surface area (Å²) in [6, 6.07) is 2.99. The SMILES string of the molecule is COCC(NC(=O)c1ccc(C2CC2)s1)C(N)=O. The van der Waals surface area contributed by atoms with E-state index in [0.29, 0.717) is 10.8 Å². The number of thiophene rings is 1. The molecule has 0 radical (unpaired) electrons. The molecule has 2 rings (SSSR count). The van der Waals surface area contributed by atoms with Gasteiger partial charge in [-0.05, 0) is 30.9 Å². The average Bonchev–Trinajstić information content (AvgIpc) is 3.06. The molecule has 0 aromatic carbocycles. The summed E-state index contributed by atoms with van der Waals surface area (Å²) in [6.07, 6.45) is 2.41. The van der Waals surface area contributed by atoms with Crippen LogP contribution in [0.5, 0.6) is 0 Å². The van der Waals surface area contributed by atoms with E-state index < -0.39 is 11.9 Å². The number of amides is 2. The highest BCUT2D eigenvalue weighted by molar-refractivity contribution is 7.14. The highest BCUT2D eigenvalue weighted by atomic mass is 32.1. The average molecular weight is 268 g/mol. The molecule has 0 saturated heterocycles. The van der Waals surface area contributed by atoms with Crippen molar-refractivity contribution < 1.29 is 14.3 Å². The van der Waals surface area contributed by atoms with Gasteiger partial charge in [0.2, 0.25) is 5.91 Å². The van der Waals surface area contributed by atoms with Gasteiger partial charge < -0.3 is 15.8 Å². The Morgan fingerprint density at radius 3 is 2.83 bits per heavy atom. The third-order valence-corrected chi connectivity index (χ3v) is 4.06. The molecule has 2 amide bonds. The van der Waals surface area contributed by atoms with Crippen LogP contribution in [0.2, 0.25) is 0 Å². The number of hydrogen-bond donors (Lipinski definition) is 2. The van der Waals surface area contributed by atoms with Gasteiger partial charge in [-0.1, -0.05) is 0 Å². The van der Waals surface area contributed by atoms with Gasteiger partial charge in [-0.25, -0.2) is 0 Å². The molecule has 5 nitrogen and oxygen atoms in total. The molecule has 6 heteroatoms. The molecular weight excluding hydrogens is 252 g/mol. The number of carbonyl (C=O) groups is 2. The molecule has 0 bridgehead atoms. The van der Waals surface area contributed by atoms with Crippen molar-refractivity contribution in [2.24, 2.45) is 5.73 Å². The van der Waals surface area contributed by atoms with E-state index in [9.17, 15) is 9.59 Å². The lowest BCUT2D eigenvalue weighted by atomic mass is 10.3. The van der Waals surface area contributed by atoms with E-state index in [1.165, 1.54) is 36.2 Å². The zero-order valence-corrected chi connectivity index (χ0v) is 11.0. The molecule has 1 fully saturated rings. The fraction of sp³-hybridized carbons (Fsp3) is 0.500. The summed E-state index contributed by atoms with van der Waals surface area (Å²) in [5.74, 6) is -0.237. The third kappa shape index (κ3) is 3.08. The minimum atomic E-state index is -0.783. The van der Waals surface area contributed by atoms with E-state index in [1.54, 1.807) is 6.07 Å². The van der Waals surface area contributed by atoms with Crippen molar-refractivity contribution in [3.05, 3.63) is 21.9 Å². The quantitative estimate of drug-likeness (QED) is 0.802. The summed E-state index contributed by atoms with van der Waals surface area (Å²) >= 11 is 1.48. The minimum absolute atomic E-state index is 0.0852. The standard InChI is InChI=1S/C12H16N2O3S/c1-17-6-8(11(13)15)14-12(16)10-5-4-9(18-10)7-2-3-7/h4-5,7-8H,2-3,6H2,1H3,(H2,13,15)(H,14,16). The predicted octanol–water partition coefficient (Wildman–Crippen LogP) is 0.856. The number of methoxy groups -OCH3 is 1. The molecule has 3 N–H and O–H groups in total. The molecule has 0 spiro atoms. The van der Waals surface area contributed by atoms with Crippen molar-refractivity contribution >= 4 is 23.2 Å². The third-order valence-electron chi connectivity index (χ3n) is 2.81. The fourth-order valence-electron chi connectivity index (χ4n) is 1.65. The Bertz CT molecular complexity index is 454. The molecule has 1 aliphatic carbocycles. The van der Waals surface area contributed by atoms with Crippen LogP contribution in [-0.2, 0) is 9.53 Å². The lowest BCUT2D eigenvalue weighted by Crippen LogP contribution is -2.47. The van der Waals surface area contributed by atoms with Crippen molar-refractivity contribution in [2.75, 3.05) is 13.7 Å². The van der Waals surface area contributed by atoms with Gasteiger partial charge in [-0.3, -0.25) is 9.59 Å². The second-order valence-corrected chi connectivity index (χ2v) is 5.48. The Kier molecular flexibility index (Phi) is 3.98. The summed E-state index contributed by atoms with van der Waals surface area (Å²) < 4.78 is 4.84. The highest BCUT2D eigenvalue weighted by Gasteiger charge is 2.26. The number of rotatable bonds is 6. The molecule has 1 atom stereocenters. The van der Waals surface area contributed by atoms with Crippen molar-refractivity contribution in [2.45, 2.75) is 24.8 Å². The first-order chi connectivity index (χ1) is 8.61. The maximum absolute atomic E-state index is 11.9. The fourth-order valence-corrected chi connectivity index (χ4v) is 2.73. The van der Waals surface area contributed by atoms with Gasteiger partial charge in [-0.2, -0.15) is 0 Å². The number of hydrogen-bond acceptors (Lipinski definition) is 4.